The highest BCUT2D eigenvalue weighted by Crippen LogP contribution is 2.40. The number of rotatable bonds is 8. The van der Waals surface area contributed by atoms with Gasteiger partial charge in [-0.05, 0) is 31.0 Å². The lowest BCUT2D eigenvalue weighted by Gasteiger charge is -2.38. The molecule has 0 fully saturated rings. The van der Waals surface area contributed by atoms with Crippen LogP contribution in [0.2, 0.25) is 0 Å². The number of primary amides is 1. The van der Waals surface area contributed by atoms with Crippen molar-refractivity contribution >= 4 is 46.5 Å². The van der Waals surface area contributed by atoms with Crippen molar-refractivity contribution in [2.75, 3.05) is 11.1 Å². The number of hydrogen-bond donors (Lipinski definition) is 3. The molecule has 2 aromatic rings. The predicted molar refractivity (Wildman–Crippen MR) is 119 cm³/mol. The van der Waals surface area contributed by atoms with Gasteiger partial charge < -0.3 is 16.8 Å². The Bertz CT molecular complexity index is 859. The van der Waals surface area contributed by atoms with Crippen molar-refractivity contribution in [2.45, 2.75) is 43.6 Å². The summed E-state index contributed by atoms with van der Waals surface area (Å²) in [5, 5.41) is 2.77. The molecule has 0 aliphatic rings. The molecule has 0 aliphatic heterocycles. The average Bonchev–Trinajstić information content (AvgIpc) is 2.67. The maximum atomic E-state index is 13.1. The number of urea groups is 1. The van der Waals surface area contributed by atoms with E-state index in [1.807, 2.05) is 19.9 Å². The summed E-state index contributed by atoms with van der Waals surface area (Å²) >= 11 is 13.2. The minimum absolute atomic E-state index is 0.338. The number of carbonyl (C=O) groups is 2. The van der Waals surface area contributed by atoms with Crippen LogP contribution < -0.4 is 16.8 Å². The fraction of sp³-hybridized carbons (Fsp3) is 0.333. The van der Waals surface area contributed by atoms with Crippen molar-refractivity contribution in [1.82, 2.24) is 4.90 Å². The summed E-state index contributed by atoms with van der Waals surface area (Å²) in [4.78, 5) is 26.5. The summed E-state index contributed by atoms with van der Waals surface area (Å²) in [5.41, 5.74) is 13.9. The number of nitrogens with zero attached hydrogens (tertiary/aromatic N) is 1. The van der Waals surface area contributed by atoms with Crippen LogP contribution in [-0.2, 0) is 9.25 Å². The molecule has 2 rings (SSSR count). The molecule has 6 nitrogen and oxygen atoms in total. The topological polar surface area (TPSA) is 101 Å². The molecule has 1 atom stereocenters. The summed E-state index contributed by atoms with van der Waals surface area (Å²) in [6, 6.07) is 12.0. The molecule has 156 valence electrons. The molecule has 29 heavy (non-hydrogen) atoms. The number of amides is 3. The molecule has 3 amide bonds. The molecular formula is C21H26Cl2N4O2. The SMILES string of the molecule is CCCC[C@H](C(=O)Nc1ccc(C)cc1N)N(C(N)=O)C(Cl)(Cl)c1ccccc1. The minimum atomic E-state index is -1.82. The van der Waals surface area contributed by atoms with Gasteiger partial charge in [-0.3, -0.25) is 9.69 Å². The van der Waals surface area contributed by atoms with E-state index in [0.717, 1.165) is 16.9 Å². The molecule has 2 aromatic carbocycles. The molecule has 0 unspecified atom stereocenters. The van der Waals surface area contributed by atoms with Gasteiger partial charge in [0.05, 0.1) is 11.4 Å². The van der Waals surface area contributed by atoms with E-state index in [0.29, 0.717) is 29.8 Å². The zero-order valence-electron chi connectivity index (χ0n) is 16.5. The van der Waals surface area contributed by atoms with Gasteiger partial charge in [-0.15, -0.1) is 0 Å². The monoisotopic (exact) mass is 436 g/mol. The number of benzene rings is 2. The van der Waals surface area contributed by atoms with E-state index in [-0.39, 0.29) is 0 Å². The first kappa shape index (κ1) is 22.8. The second-order valence-electron chi connectivity index (χ2n) is 6.85. The Morgan fingerprint density at radius 1 is 1.17 bits per heavy atom. The van der Waals surface area contributed by atoms with Gasteiger partial charge in [-0.1, -0.05) is 79.4 Å². The van der Waals surface area contributed by atoms with E-state index in [2.05, 4.69) is 5.32 Å². The maximum Gasteiger partial charge on any atom is 0.318 e. The standard InChI is InChI=1S/C21H26Cl2N4O2/c1-3-4-10-18(19(28)26-17-12-11-14(2)13-16(17)24)27(20(25)29)21(22,23)15-8-6-5-7-9-15/h5-9,11-13,18H,3-4,10,24H2,1-2H3,(H2,25,29)(H,26,28)/t18-/m1/s1. The zero-order chi connectivity index (χ0) is 21.6. The van der Waals surface area contributed by atoms with Gasteiger partial charge in [0.1, 0.15) is 6.04 Å². The lowest BCUT2D eigenvalue weighted by molar-refractivity contribution is -0.121. The molecular weight excluding hydrogens is 411 g/mol. The Hall–Kier alpha value is -2.44. The molecule has 5 N–H and O–H groups in total. The number of aryl methyl sites for hydroxylation is 1. The highest BCUT2D eigenvalue weighted by molar-refractivity contribution is 6.48. The number of hydrogen-bond acceptors (Lipinski definition) is 3. The fourth-order valence-corrected chi connectivity index (χ4v) is 3.71. The van der Waals surface area contributed by atoms with Gasteiger partial charge in [0.2, 0.25) is 10.4 Å². The van der Waals surface area contributed by atoms with E-state index >= 15 is 0 Å². The third-order valence-electron chi connectivity index (χ3n) is 4.57. The van der Waals surface area contributed by atoms with Crippen LogP contribution >= 0.6 is 23.2 Å². The van der Waals surface area contributed by atoms with Gasteiger partial charge in [0.15, 0.2) is 0 Å². The van der Waals surface area contributed by atoms with E-state index in [1.165, 1.54) is 0 Å². The van der Waals surface area contributed by atoms with Crippen LogP contribution in [0.15, 0.2) is 48.5 Å². The quantitative estimate of drug-likeness (QED) is 0.316. The highest BCUT2D eigenvalue weighted by Gasteiger charge is 2.44. The second kappa shape index (κ2) is 9.85. The molecule has 0 saturated heterocycles. The van der Waals surface area contributed by atoms with Crippen molar-refractivity contribution < 1.29 is 9.59 Å². The predicted octanol–water partition coefficient (Wildman–Crippen LogP) is 4.74. The largest absolute Gasteiger partial charge is 0.397 e. The third-order valence-corrected chi connectivity index (χ3v) is 5.37. The van der Waals surface area contributed by atoms with Gasteiger partial charge in [0, 0.05) is 5.56 Å². The highest BCUT2D eigenvalue weighted by atomic mass is 35.5. The molecule has 0 spiro atoms. The van der Waals surface area contributed by atoms with Crippen LogP contribution in [0.5, 0.6) is 0 Å². The number of carbonyl (C=O) groups excluding carboxylic acids is 2. The first-order valence-corrected chi connectivity index (χ1v) is 10.1. The zero-order valence-corrected chi connectivity index (χ0v) is 18.0. The Morgan fingerprint density at radius 3 is 2.38 bits per heavy atom. The van der Waals surface area contributed by atoms with E-state index in [4.69, 9.17) is 34.7 Å². The summed E-state index contributed by atoms with van der Waals surface area (Å²) in [5.74, 6) is -0.464. The van der Waals surface area contributed by atoms with Gasteiger partial charge in [-0.2, -0.15) is 0 Å². The van der Waals surface area contributed by atoms with Crippen molar-refractivity contribution in [2.24, 2.45) is 5.73 Å². The van der Waals surface area contributed by atoms with Crippen LogP contribution in [0, 0.1) is 6.92 Å². The lowest BCUT2D eigenvalue weighted by atomic mass is 10.1. The molecule has 0 aromatic heterocycles. The van der Waals surface area contributed by atoms with Crippen LogP contribution in [0.25, 0.3) is 0 Å². The van der Waals surface area contributed by atoms with Crippen LogP contribution in [0.3, 0.4) is 0 Å². The maximum absolute atomic E-state index is 13.1. The summed E-state index contributed by atoms with van der Waals surface area (Å²) in [6.45, 7) is 3.88. The minimum Gasteiger partial charge on any atom is -0.397 e. The molecule has 0 aliphatic carbocycles. The number of halogens is 2. The van der Waals surface area contributed by atoms with Gasteiger partial charge in [0.25, 0.3) is 0 Å². The number of nitrogens with one attached hydrogen (secondary N) is 1. The number of anilines is 2. The smallest absolute Gasteiger partial charge is 0.318 e. The van der Waals surface area contributed by atoms with E-state index < -0.39 is 22.4 Å². The Balaban J connectivity index is 2.40. The van der Waals surface area contributed by atoms with Crippen molar-refractivity contribution in [1.29, 1.82) is 0 Å². The number of nitrogen functional groups attached to an aromatic ring is 1. The van der Waals surface area contributed by atoms with Gasteiger partial charge in [-0.25, -0.2) is 4.79 Å². The Labute approximate surface area is 181 Å². The summed E-state index contributed by atoms with van der Waals surface area (Å²) in [7, 11) is 0. The molecule has 8 heteroatoms. The normalized spacial score (nSPS) is 12.3. The average molecular weight is 437 g/mol. The fourth-order valence-electron chi connectivity index (χ4n) is 3.05. The van der Waals surface area contributed by atoms with E-state index in [9.17, 15) is 9.59 Å². The summed E-state index contributed by atoms with van der Waals surface area (Å²) < 4.78 is -1.82. The van der Waals surface area contributed by atoms with Gasteiger partial charge >= 0.3 is 6.03 Å². The number of nitrogens with two attached hydrogens (primary N) is 2. The van der Waals surface area contributed by atoms with Crippen molar-refractivity contribution in [3.63, 3.8) is 0 Å². The van der Waals surface area contributed by atoms with Crippen molar-refractivity contribution in [3.8, 4) is 0 Å². The Morgan fingerprint density at radius 2 is 1.83 bits per heavy atom. The van der Waals surface area contributed by atoms with Crippen LogP contribution in [0.1, 0.15) is 37.3 Å². The summed E-state index contributed by atoms with van der Waals surface area (Å²) in [6.07, 6.45) is 1.82. The second-order valence-corrected chi connectivity index (χ2v) is 8.14. The molecule has 0 saturated carbocycles. The number of alkyl halides is 2. The first-order valence-electron chi connectivity index (χ1n) is 9.37. The number of unbranched alkanes of at least 4 members (excludes halogenated alkanes) is 1. The lowest BCUT2D eigenvalue weighted by Crippen LogP contribution is -2.55. The van der Waals surface area contributed by atoms with Crippen LogP contribution in [-0.4, -0.2) is 22.9 Å². The Kier molecular flexibility index (Phi) is 7.76. The molecule has 0 bridgehead atoms. The van der Waals surface area contributed by atoms with Crippen LogP contribution in [0.4, 0.5) is 16.2 Å². The first-order chi connectivity index (χ1) is 13.7. The third kappa shape index (κ3) is 5.55. The van der Waals surface area contributed by atoms with Crippen molar-refractivity contribution in [3.05, 3.63) is 59.7 Å². The van der Waals surface area contributed by atoms with E-state index in [1.54, 1.807) is 42.5 Å². The molecule has 0 heterocycles. The molecule has 0 radical (unpaired) electrons.